The number of rotatable bonds is 3. The van der Waals surface area contributed by atoms with Crippen molar-refractivity contribution < 1.29 is 0 Å². The maximum absolute atomic E-state index is 6.24. The molecule has 0 radical (unpaired) electrons. The van der Waals surface area contributed by atoms with Crippen LogP contribution in [0.25, 0.3) is 0 Å². The van der Waals surface area contributed by atoms with Crippen molar-refractivity contribution in [2.24, 2.45) is 17.6 Å². The standard InChI is InChI=1S/C15H22Cl2N2/c1-10(2)12-5-14(18)9-19(8-12)7-11-3-4-13(16)6-15(11)17/h3-4,6,10,12,14H,5,7-9,18H2,1-2H3. The summed E-state index contributed by atoms with van der Waals surface area (Å²) in [6.07, 6.45) is 1.13. The van der Waals surface area contributed by atoms with Gasteiger partial charge in [0.1, 0.15) is 0 Å². The number of hydrogen-bond donors (Lipinski definition) is 1. The highest BCUT2D eigenvalue weighted by Gasteiger charge is 2.27. The van der Waals surface area contributed by atoms with Crippen LogP contribution in [-0.4, -0.2) is 24.0 Å². The van der Waals surface area contributed by atoms with Gasteiger partial charge in [0.2, 0.25) is 0 Å². The van der Waals surface area contributed by atoms with Crippen LogP contribution in [0.5, 0.6) is 0 Å². The SMILES string of the molecule is CC(C)C1CC(N)CN(Cc2ccc(Cl)cc2Cl)C1. The van der Waals surface area contributed by atoms with Gasteiger partial charge in [-0.3, -0.25) is 4.90 Å². The van der Waals surface area contributed by atoms with Gasteiger partial charge in [-0.25, -0.2) is 0 Å². The summed E-state index contributed by atoms with van der Waals surface area (Å²) in [5.41, 5.74) is 7.30. The van der Waals surface area contributed by atoms with E-state index in [4.69, 9.17) is 28.9 Å². The molecule has 0 spiro atoms. The van der Waals surface area contributed by atoms with Crippen molar-refractivity contribution in [1.29, 1.82) is 0 Å². The predicted molar refractivity (Wildman–Crippen MR) is 82.7 cm³/mol. The highest BCUT2D eigenvalue weighted by molar-refractivity contribution is 6.35. The second-order valence-electron chi connectivity index (χ2n) is 5.93. The summed E-state index contributed by atoms with van der Waals surface area (Å²) in [4.78, 5) is 2.41. The van der Waals surface area contributed by atoms with Crippen LogP contribution in [0.2, 0.25) is 10.0 Å². The Kier molecular flexibility index (Phi) is 5.13. The van der Waals surface area contributed by atoms with E-state index in [0.717, 1.165) is 36.6 Å². The van der Waals surface area contributed by atoms with Crippen LogP contribution < -0.4 is 5.73 Å². The molecule has 1 aromatic rings. The summed E-state index contributed by atoms with van der Waals surface area (Å²) >= 11 is 12.2. The normalized spacial score (nSPS) is 24.9. The Morgan fingerprint density at radius 1 is 1.32 bits per heavy atom. The van der Waals surface area contributed by atoms with Crippen molar-refractivity contribution in [2.75, 3.05) is 13.1 Å². The van der Waals surface area contributed by atoms with Crippen molar-refractivity contribution in [2.45, 2.75) is 32.9 Å². The van der Waals surface area contributed by atoms with Crippen molar-refractivity contribution in [1.82, 2.24) is 4.90 Å². The number of nitrogens with two attached hydrogens (primary N) is 1. The van der Waals surface area contributed by atoms with Crippen LogP contribution in [-0.2, 0) is 6.54 Å². The topological polar surface area (TPSA) is 29.3 Å². The molecule has 2 rings (SSSR count). The van der Waals surface area contributed by atoms with E-state index in [1.807, 2.05) is 18.2 Å². The number of hydrogen-bond acceptors (Lipinski definition) is 2. The molecule has 2 atom stereocenters. The van der Waals surface area contributed by atoms with Crippen molar-refractivity contribution in [3.05, 3.63) is 33.8 Å². The second kappa shape index (κ2) is 6.45. The Labute approximate surface area is 125 Å². The van der Waals surface area contributed by atoms with Crippen LogP contribution in [0.1, 0.15) is 25.8 Å². The molecule has 0 aliphatic carbocycles. The van der Waals surface area contributed by atoms with E-state index in [0.29, 0.717) is 16.9 Å². The minimum atomic E-state index is 0.271. The van der Waals surface area contributed by atoms with Gasteiger partial charge in [-0.2, -0.15) is 0 Å². The zero-order valence-corrected chi connectivity index (χ0v) is 13.1. The van der Waals surface area contributed by atoms with Gasteiger partial charge in [0.05, 0.1) is 0 Å². The lowest BCUT2D eigenvalue weighted by Crippen LogP contribution is -2.47. The predicted octanol–water partition coefficient (Wildman–Crippen LogP) is 3.80. The molecule has 1 heterocycles. The quantitative estimate of drug-likeness (QED) is 0.920. The average molecular weight is 301 g/mol. The third kappa shape index (κ3) is 4.09. The lowest BCUT2D eigenvalue weighted by atomic mass is 9.85. The molecule has 106 valence electrons. The summed E-state index contributed by atoms with van der Waals surface area (Å²) in [5, 5.41) is 1.43. The molecule has 0 amide bonds. The molecule has 1 fully saturated rings. The molecule has 2 unspecified atom stereocenters. The summed E-state index contributed by atoms with van der Waals surface area (Å²) in [5.74, 6) is 1.35. The summed E-state index contributed by atoms with van der Waals surface area (Å²) < 4.78 is 0. The van der Waals surface area contributed by atoms with Crippen LogP contribution in [0.4, 0.5) is 0 Å². The van der Waals surface area contributed by atoms with E-state index in [2.05, 4.69) is 18.7 Å². The third-order valence-electron chi connectivity index (χ3n) is 3.94. The van der Waals surface area contributed by atoms with Gasteiger partial charge in [0.25, 0.3) is 0 Å². The highest BCUT2D eigenvalue weighted by atomic mass is 35.5. The maximum atomic E-state index is 6.24. The molecule has 1 aliphatic rings. The van der Waals surface area contributed by atoms with Gasteiger partial charge in [-0.15, -0.1) is 0 Å². The fraction of sp³-hybridized carbons (Fsp3) is 0.600. The van der Waals surface area contributed by atoms with E-state index in [1.165, 1.54) is 0 Å². The first-order valence-electron chi connectivity index (χ1n) is 6.87. The Morgan fingerprint density at radius 2 is 2.05 bits per heavy atom. The molecule has 0 saturated carbocycles. The Balaban J connectivity index is 2.05. The minimum absolute atomic E-state index is 0.271. The summed E-state index contributed by atoms with van der Waals surface area (Å²) in [6, 6.07) is 5.98. The first kappa shape index (κ1) is 15.1. The smallest absolute Gasteiger partial charge is 0.0465 e. The first-order chi connectivity index (χ1) is 8.95. The fourth-order valence-corrected chi connectivity index (χ4v) is 3.25. The Morgan fingerprint density at radius 3 is 2.68 bits per heavy atom. The minimum Gasteiger partial charge on any atom is -0.327 e. The monoisotopic (exact) mass is 300 g/mol. The number of halogens is 2. The molecule has 1 aromatic carbocycles. The molecular weight excluding hydrogens is 279 g/mol. The van der Waals surface area contributed by atoms with E-state index in [-0.39, 0.29) is 6.04 Å². The van der Waals surface area contributed by atoms with Gasteiger partial charge in [-0.1, -0.05) is 43.1 Å². The van der Waals surface area contributed by atoms with Gasteiger partial charge in [0.15, 0.2) is 0 Å². The van der Waals surface area contributed by atoms with Gasteiger partial charge in [0, 0.05) is 35.7 Å². The lowest BCUT2D eigenvalue weighted by Gasteiger charge is -2.38. The zero-order valence-electron chi connectivity index (χ0n) is 11.6. The number of piperidine rings is 1. The van der Waals surface area contributed by atoms with Crippen molar-refractivity contribution in [3.63, 3.8) is 0 Å². The Hall–Kier alpha value is -0.280. The van der Waals surface area contributed by atoms with Gasteiger partial charge >= 0.3 is 0 Å². The molecule has 1 aliphatic heterocycles. The van der Waals surface area contributed by atoms with E-state index in [9.17, 15) is 0 Å². The molecule has 19 heavy (non-hydrogen) atoms. The average Bonchev–Trinajstić information content (AvgIpc) is 2.32. The Bertz CT molecular complexity index is 434. The van der Waals surface area contributed by atoms with Crippen molar-refractivity contribution in [3.8, 4) is 0 Å². The lowest BCUT2D eigenvalue weighted by molar-refractivity contribution is 0.123. The molecular formula is C15H22Cl2N2. The van der Waals surface area contributed by atoms with Crippen LogP contribution in [0.3, 0.4) is 0 Å². The largest absolute Gasteiger partial charge is 0.327 e. The van der Waals surface area contributed by atoms with E-state index in [1.54, 1.807) is 0 Å². The van der Waals surface area contributed by atoms with Crippen LogP contribution >= 0.6 is 23.2 Å². The van der Waals surface area contributed by atoms with E-state index >= 15 is 0 Å². The first-order valence-corrected chi connectivity index (χ1v) is 7.63. The highest BCUT2D eigenvalue weighted by Crippen LogP contribution is 2.27. The third-order valence-corrected chi connectivity index (χ3v) is 4.53. The second-order valence-corrected chi connectivity index (χ2v) is 6.77. The molecule has 2 nitrogen and oxygen atoms in total. The number of nitrogens with zero attached hydrogens (tertiary/aromatic N) is 1. The number of likely N-dealkylation sites (tertiary alicyclic amines) is 1. The molecule has 4 heteroatoms. The van der Waals surface area contributed by atoms with Crippen LogP contribution in [0, 0.1) is 11.8 Å². The van der Waals surface area contributed by atoms with Gasteiger partial charge in [-0.05, 0) is 36.0 Å². The summed E-state index contributed by atoms with van der Waals surface area (Å²) in [6.45, 7) is 7.45. The maximum Gasteiger partial charge on any atom is 0.0465 e. The molecule has 0 bridgehead atoms. The molecule has 1 saturated heterocycles. The fourth-order valence-electron chi connectivity index (χ4n) is 2.78. The zero-order chi connectivity index (χ0) is 14.0. The number of benzene rings is 1. The molecule has 0 aromatic heterocycles. The van der Waals surface area contributed by atoms with Gasteiger partial charge < -0.3 is 5.73 Å². The van der Waals surface area contributed by atoms with Crippen molar-refractivity contribution >= 4 is 23.2 Å². The molecule has 2 N–H and O–H groups in total. The summed E-state index contributed by atoms with van der Waals surface area (Å²) in [7, 11) is 0. The van der Waals surface area contributed by atoms with E-state index < -0.39 is 0 Å². The van der Waals surface area contributed by atoms with Crippen LogP contribution in [0.15, 0.2) is 18.2 Å².